The van der Waals surface area contributed by atoms with Crippen molar-refractivity contribution in [3.63, 3.8) is 0 Å². The molecule has 176 valence electrons. The average molecular weight is 566 g/mol. The third-order valence-corrected chi connectivity index (χ3v) is 4.56. The largest absolute Gasteiger partial charge is 0.497 e. The lowest BCUT2D eigenvalue weighted by Gasteiger charge is -2.14. The average Bonchev–Trinajstić information content (AvgIpc) is 2.83. The molecular weight excluding hydrogens is 538 g/mol. The maximum atomic E-state index is 14.5. The number of aromatic nitrogens is 1. The molecule has 0 fully saturated rings. The number of hydrogen-bond donors (Lipinski definition) is 2. The molecule has 0 aliphatic rings. The highest BCUT2D eigenvalue weighted by Gasteiger charge is 2.08. The van der Waals surface area contributed by atoms with Crippen LogP contribution in [0.15, 0.2) is 65.9 Å². The van der Waals surface area contributed by atoms with Crippen LogP contribution >= 0.6 is 24.0 Å². The van der Waals surface area contributed by atoms with E-state index in [0.717, 1.165) is 22.6 Å². The van der Waals surface area contributed by atoms with E-state index in [9.17, 15) is 4.39 Å². The summed E-state index contributed by atoms with van der Waals surface area (Å²) < 4.78 is 30.7. The summed E-state index contributed by atoms with van der Waals surface area (Å²) in [5.41, 5.74) is 1.68. The van der Waals surface area contributed by atoms with Crippen LogP contribution in [0.2, 0.25) is 0 Å². The van der Waals surface area contributed by atoms with Gasteiger partial charge in [-0.1, -0.05) is 6.07 Å². The minimum atomic E-state index is -0.456. The molecule has 0 bridgehead atoms. The SMILES string of the molecule is CCNC(=NCc1ccc(Oc2cccnc2)c(F)c1)NCc1ccc(OC)cc1OC.I. The lowest BCUT2D eigenvalue weighted by Crippen LogP contribution is -2.36. The van der Waals surface area contributed by atoms with Gasteiger partial charge in [0.25, 0.3) is 0 Å². The van der Waals surface area contributed by atoms with Crippen molar-refractivity contribution >= 4 is 29.9 Å². The van der Waals surface area contributed by atoms with Crippen molar-refractivity contribution in [1.29, 1.82) is 0 Å². The summed E-state index contributed by atoms with van der Waals surface area (Å²) in [6.45, 7) is 3.48. The van der Waals surface area contributed by atoms with E-state index in [0.29, 0.717) is 31.3 Å². The van der Waals surface area contributed by atoms with Gasteiger partial charge in [0.1, 0.15) is 17.2 Å². The molecule has 0 radical (unpaired) electrons. The molecule has 0 unspecified atom stereocenters. The van der Waals surface area contributed by atoms with E-state index in [2.05, 4.69) is 20.6 Å². The van der Waals surface area contributed by atoms with Crippen LogP contribution in [0.25, 0.3) is 0 Å². The van der Waals surface area contributed by atoms with Crippen LogP contribution in [0.5, 0.6) is 23.0 Å². The predicted molar refractivity (Wildman–Crippen MR) is 137 cm³/mol. The van der Waals surface area contributed by atoms with Gasteiger partial charge < -0.3 is 24.8 Å². The molecular formula is C24H28FIN4O3. The van der Waals surface area contributed by atoms with E-state index in [1.807, 2.05) is 25.1 Å². The number of hydrogen-bond acceptors (Lipinski definition) is 5. The summed E-state index contributed by atoms with van der Waals surface area (Å²) >= 11 is 0. The fourth-order valence-electron chi connectivity index (χ4n) is 2.95. The van der Waals surface area contributed by atoms with Gasteiger partial charge in [-0.2, -0.15) is 0 Å². The maximum absolute atomic E-state index is 14.5. The van der Waals surface area contributed by atoms with E-state index in [4.69, 9.17) is 14.2 Å². The van der Waals surface area contributed by atoms with Crippen molar-refractivity contribution in [2.75, 3.05) is 20.8 Å². The Kier molecular flexibility index (Phi) is 10.7. The number of nitrogens with zero attached hydrogens (tertiary/aromatic N) is 2. The second-order valence-corrected chi connectivity index (χ2v) is 6.78. The zero-order chi connectivity index (χ0) is 22.8. The molecule has 0 spiro atoms. The zero-order valence-corrected chi connectivity index (χ0v) is 21.1. The molecule has 2 N–H and O–H groups in total. The predicted octanol–water partition coefficient (Wildman–Crippen LogP) is 4.90. The van der Waals surface area contributed by atoms with E-state index in [-0.39, 0.29) is 29.7 Å². The highest BCUT2D eigenvalue weighted by Crippen LogP contribution is 2.25. The van der Waals surface area contributed by atoms with E-state index in [1.165, 1.54) is 12.3 Å². The smallest absolute Gasteiger partial charge is 0.191 e. The second-order valence-electron chi connectivity index (χ2n) is 6.78. The quantitative estimate of drug-likeness (QED) is 0.218. The number of aliphatic imine (C=N–C) groups is 1. The Bertz CT molecular complexity index is 1050. The number of benzene rings is 2. The van der Waals surface area contributed by atoms with Crippen LogP contribution in [-0.2, 0) is 13.1 Å². The number of nitrogens with one attached hydrogen (secondary N) is 2. The third-order valence-electron chi connectivity index (χ3n) is 4.56. The van der Waals surface area contributed by atoms with Crippen LogP contribution in [0.4, 0.5) is 4.39 Å². The molecule has 1 aromatic heterocycles. The first-order valence-electron chi connectivity index (χ1n) is 10.2. The standard InChI is InChI=1S/C24H27FN4O3.HI/c1-4-27-24(29-15-18-8-9-19(30-2)13-23(18)31-3)28-14-17-7-10-22(21(25)12-17)32-20-6-5-11-26-16-20;/h5-13,16H,4,14-15H2,1-3H3,(H2,27,28,29);1H. The minimum Gasteiger partial charge on any atom is -0.497 e. The van der Waals surface area contributed by atoms with E-state index in [1.54, 1.807) is 44.7 Å². The summed E-state index contributed by atoms with van der Waals surface area (Å²) in [5.74, 6) is 2.22. The molecule has 7 nitrogen and oxygen atoms in total. The zero-order valence-electron chi connectivity index (χ0n) is 18.8. The normalized spacial score (nSPS) is 10.7. The Morgan fingerprint density at radius 2 is 1.85 bits per heavy atom. The number of halogens is 2. The Balaban J connectivity index is 0.00000385. The topological polar surface area (TPSA) is 77.0 Å². The number of rotatable bonds is 9. The molecule has 3 aromatic rings. The van der Waals surface area contributed by atoms with Crippen LogP contribution < -0.4 is 24.8 Å². The first-order valence-corrected chi connectivity index (χ1v) is 10.2. The minimum absolute atomic E-state index is 0. The van der Waals surface area contributed by atoms with Gasteiger partial charge in [0.05, 0.1) is 27.0 Å². The van der Waals surface area contributed by atoms with Crippen LogP contribution in [0, 0.1) is 5.82 Å². The molecule has 0 saturated heterocycles. The Hall–Kier alpha value is -3.08. The van der Waals surface area contributed by atoms with Crippen molar-refractivity contribution in [2.24, 2.45) is 4.99 Å². The molecule has 2 aromatic carbocycles. The van der Waals surface area contributed by atoms with Gasteiger partial charge in [0, 0.05) is 30.9 Å². The van der Waals surface area contributed by atoms with Gasteiger partial charge in [-0.05, 0) is 48.9 Å². The van der Waals surface area contributed by atoms with Gasteiger partial charge in [0.2, 0.25) is 0 Å². The lowest BCUT2D eigenvalue weighted by atomic mass is 10.2. The molecule has 0 atom stereocenters. The van der Waals surface area contributed by atoms with Gasteiger partial charge in [-0.3, -0.25) is 4.98 Å². The number of ether oxygens (including phenoxy) is 3. The van der Waals surface area contributed by atoms with Gasteiger partial charge in [-0.15, -0.1) is 24.0 Å². The van der Waals surface area contributed by atoms with Gasteiger partial charge in [0.15, 0.2) is 17.5 Å². The number of pyridine rings is 1. The summed E-state index contributed by atoms with van der Waals surface area (Å²) in [7, 11) is 3.23. The van der Waals surface area contributed by atoms with Crippen molar-refractivity contribution < 1.29 is 18.6 Å². The summed E-state index contributed by atoms with van der Waals surface area (Å²) in [4.78, 5) is 8.51. The first kappa shape index (κ1) is 26.2. The molecule has 9 heteroatoms. The van der Waals surface area contributed by atoms with E-state index >= 15 is 0 Å². The Labute approximate surface area is 210 Å². The molecule has 0 aliphatic heterocycles. The molecule has 3 rings (SSSR count). The first-order chi connectivity index (χ1) is 15.6. The molecule has 33 heavy (non-hydrogen) atoms. The molecule has 0 saturated carbocycles. The highest BCUT2D eigenvalue weighted by atomic mass is 127. The van der Waals surface area contributed by atoms with Crippen molar-refractivity contribution in [3.05, 3.63) is 77.9 Å². The van der Waals surface area contributed by atoms with Crippen LogP contribution in [-0.4, -0.2) is 31.7 Å². The molecule has 1 heterocycles. The molecule has 0 amide bonds. The fraction of sp³-hybridized carbons (Fsp3) is 0.250. The molecule has 0 aliphatic carbocycles. The Morgan fingerprint density at radius 1 is 1.00 bits per heavy atom. The monoisotopic (exact) mass is 566 g/mol. The summed E-state index contributed by atoms with van der Waals surface area (Å²) in [5, 5.41) is 6.46. The van der Waals surface area contributed by atoms with Crippen molar-refractivity contribution in [1.82, 2.24) is 15.6 Å². The maximum Gasteiger partial charge on any atom is 0.191 e. The van der Waals surface area contributed by atoms with Crippen LogP contribution in [0.1, 0.15) is 18.1 Å². The lowest BCUT2D eigenvalue weighted by molar-refractivity contribution is 0.390. The van der Waals surface area contributed by atoms with Crippen LogP contribution in [0.3, 0.4) is 0 Å². The summed E-state index contributed by atoms with van der Waals surface area (Å²) in [6.07, 6.45) is 3.16. The highest BCUT2D eigenvalue weighted by molar-refractivity contribution is 14.0. The van der Waals surface area contributed by atoms with Crippen molar-refractivity contribution in [3.8, 4) is 23.0 Å². The van der Waals surface area contributed by atoms with Crippen molar-refractivity contribution in [2.45, 2.75) is 20.0 Å². The second kappa shape index (κ2) is 13.5. The number of methoxy groups -OCH3 is 2. The third kappa shape index (κ3) is 7.77. The Morgan fingerprint density at radius 3 is 2.52 bits per heavy atom. The fourth-order valence-corrected chi connectivity index (χ4v) is 2.95. The van der Waals surface area contributed by atoms with Gasteiger partial charge in [-0.25, -0.2) is 9.38 Å². The summed E-state index contributed by atoms with van der Waals surface area (Å²) in [6, 6.07) is 13.9. The van der Waals surface area contributed by atoms with Gasteiger partial charge >= 0.3 is 0 Å². The van der Waals surface area contributed by atoms with E-state index < -0.39 is 5.82 Å². The number of guanidine groups is 1.